The van der Waals surface area contributed by atoms with E-state index in [-0.39, 0.29) is 43.2 Å². The zero-order valence-electron chi connectivity index (χ0n) is 76.1. The van der Waals surface area contributed by atoms with E-state index in [1.807, 2.05) is 9.13 Å². The van der Waals surface area contributed by atoms with E-state index in [1.54, 1.807) is 23.7 Å². The minimum absolute atomic E-state index is 0.0942. The third kappa shape index (κ3) is 18.6. The minimum Gasteiger partial charge on any atom is -0.318 e. The maximum absolute atomic E-state index is 7.78. The van der Waals surface area contributed by atoms with Gasteiger partial charge in [0.25, 0.3) is 0 Å². The van der Waals surface area contributed by atoms with Crippen LogP contribution in [0.2, 0.25) is 0 Å². The van der Waals surface area contributed by atoms with E-state index in [2.05, 4.69) is 91.5 Å². The lowest BCUT2D eigenvalue weighted by atomic mass is 10.2. The van der Waals surface area contributed by atoms with Crippen molar-refractivity contribution in [3.63, 3.8) is 0 Å². The summed E-state index contributed by atoms with van der Waals surface area (Å²) in [6.07, 6.45) is -8.66. The molecule has 0 fully saturated rings. The minimum atomic E-state index is -3.45. The van der Waals surface area contributed by atoms with Gasteiger partial charge in [0, 0.05) is 147 Å². The van der Waals surface area contributed by atoms with Gasteiger partial charge in [-0.05, 0) is 113 Å². The van der Waals surface area contributed by atoms with Crippen LogP contribution in [0.1, 0.15) is 244 Å². The van der Waals surface area contributed by atoms with E-state index in [0.29, 0.717) is 61.9 Å². The second-order valence-electron chi connectivity index (χ2n) is 17.8. The summed E-state index contributed by atoms with van der Waals surface area (Å²) < 4.78 is 258. The molecule has 8 aliphatic rings. The maximum atomic E-state index is 7.78. The maximum Gasteiger partial charge on any atom is 0.151 e. The highest BCUT2D eigenvalue weighted by atomic mass is 15.5. The Morgan fingerprint density at radius 3 is 1.54 bits per heavy atom. The van der Waals surface area contributed by atoms with Crippen LogP contribution in [0.5, 0.6) is 0 Å². The molecule has 0 aromatic carbocycles. The number of fused-ring (bicyclic) bond motifs is 8. The van der Waals surface area contributed by atoms with E-state index in [0.717, 1.165) is 106 Å². The fourth-order valence-electron chi connectivity index (χ4n) is 8.01. The Balaban J connectivity index is 0.000000148. The van der Waals surface area contributed by atoms with Crippen LogP contribution in [0.25, 0.3) is 0 Å². The smallest absolute Gasteiger partial charge is 0.151 e. The molecule has 0 spiro atoms. The van der Waals surface area contributed by atoms with E-state index in [4.69, 9.17) is 43.9 Å². The molecule has 2 atom stereocenters. The van der Waals surface area contributed by atoms with E-state index >= 15 is 0 Å². The lowest BCUT2D eigenvalue weighted by Gasteiger charge is -1.97. The first-order chi connectivity index (χ1) is 51.6. The Bertz CT molecular complexity index is 4200. The fraction of sp³-hybridized carbons (Fsp3) is 0.727. The summed E-state index contributed by atoms with van der Waals surface area (Å²) in [6.45, 7) is -3.57. The quantitative estimate of drug-likeness (QED) is 0.143. The van der Waals surface area contributed by atoms with Crippen LogP contribution in [0.3, 0.4) is 0 Å². The molecule has 8 aromatic rings. The molecule has 8 aliphatic heterocycles. The lowest BCUT2D eigenvalue weighted by molar-refractivity contribution is 0.556. The summed E-state index contributed by atoms with van der Waals surface area (Å²) in [5.74, 6) is 2.59. The third-order valence-electron chi connectivity index (χ3n) is 12.2. The highest BCUT2D eigenvalue weighted by Gasteiger charge is 2.13. The number of hydrogen-bond donors (Lipinski definition) is 0. The molecule has 2 unspecified atom stereocenters. The molecule has 80 heavy (non-hydrogen) atoms. The van der Waals surface area contributed by atoms with Crippen molar-refractivity contribution < 1.29 is 43.9 Å². The van der Waals surface area contributed by atoms with Crippen molar-refractivity contribution in [1.82, 2.24) is 124 Å². The number of aryl methyl sites for hydroxylation is 16. The molecule has 25 nitrogen and oxygen atoms in total. The molecule has 432 valence electrons. The normalized spacial score (nSPS) is 35.2. The molecule has 0 amide bonds. The second-order valence-corrected chi connectivity index (χ2v) is 17.8. The average molecular weight is 1130 g/mol. The summed E-state index contributed by atoms with van der Waals surface area (Å²) in [6, 6.07) is 0. The predicted molar refractivity (Wildman–Crippen MR) is 298 cm³/mol. The Morgan fingerprint density at radius 2 is 0.800 bits per heavy atom. The van der Waals surface area contributed by atoms with Crippen molar-refractivity contribution in [3.8, 4) is 0 Å². The van der Waals surface area contributed by atoms with Crippen LogP contribution in [-0.4, -0.2) is 124 Å². The number of nitrogens with zero attached hydrogens (tertiary/aromatic N) is 25. The Morgan fingerprint density at radius 1 is 0.287 bits per heavy atom. The van der Waals surface area contributed by atoms with Gasteiger partial charge in [0.2, 0.25) is 0 Å². The van der Waals surface area contributed by atoms with Gasteiger partial charge < -0.3 is 32.0 Å². The Kier molecular flexibility index (Phi) is 12.2. The van der Waals surface area contributed by atoms with Crippen molar-refractivity contribution in [2.45, 2.75) is 257 Å². The molecule has 0 saturated heterocycles. The van der Waals surface area contributed by atoms with Gasteiger partial charge in [0.1, 0.15) is 85.1 Å². The van der Waals surface area contributed by atoms with Crippen LogP contribution >= 0.6 is 0 Å². The van der Waals surface area contributed by atoms with Crippen molar-refractivity contribution in [1.29, 1.82) is 0 Å². The largest absolute Gasteiger partial charge is 0.318 e. The van der Waals surface area contributed by atoms with Gasteiger partial charge in [-0.15, -0.1) is 76.5 Å². The first-order valence-corrected chi connectivity index (χ1v) is 26.4. The monoisotopic (exact) mass is 1130 g/mol. The number of hydrogen-bond acceptors (Lipinski definition) is 17. The SMILES string of the molecule is [2H]C1([2H])CC([2H])([2H])c2nncn2C([2H])([2H])C1.[2H]C1([2H])CCCC([2H])([2H])n2cnnc21.[2H]C1([2H])CCCCn2cnnc21.[2H]C1([2H])CCc2nnnn2CC1.[2H]C1([2H])Cc2nncn2CC([2H])([2H])C1([2H])[2H].[2H]C1([2H])c2nncn2C([2H])([2H])C([2H])([2H])C([2H])([2H])C1([2H])[2H].[2H]C1CCCCn2cnnc21.[2H]C1CCc2nncn2CC1. The summed E-state index contributed by atoms with van der Waals surface area (Å²) in [5.41, 5.74) is 0. The van der Waals surface area contributed by atoms with Crippen LogP contribution in [-0.2, 0) is 103 Å². The van der Waals surface area contributed by atoms with Gasteiger partial charge in [0.05, 0.1) is 0 Å². The zero-order valence-corrected chi connectivity index (χ0v) is 44.1. The second kappa shape index (κ2) is 33.0. The van der Waals surface area contributed by atoms with Gasteiger partial charge in [-0.2, -0.15) is 0 Å². The molecule has 16 heterocycles. The van der Waals surface area contributed by atoms with Crippen LogP contribution in [0, 0.1) is 0 Å². The van der Waals surface area contributed by atoms with Crippen LogP contribution in [0.15, 0.2) is 44.3 Å². The summed E-state index contributed by atoms with van der Waals surface area (Å²) in [7, 11) is 0. The first kappa shape index (κ1) is 29.7. The number of aromatic nitrogens is 25. The standard InChI is InChI=1S/7C7H11N3.C6H10N4/c7*1-2-4-7-9-8-6-10(7)5-3-1;1-2-4-6-7-8-9-10(6)5-3-1/h7*6H,1-5H2;1-5H2/i1D2,2D2,3D2,4D2,5D2;1D2,4D2,5D2;1D2,2D2,3D2;4D2,5D2;4D2;4D;1D;1D2. The molecule has 16 rings (SSSR count). The van der Waals surface area contributed by atoms with Crippen molar-refractivity contribution in [3.05, 3.63) is 90.9 Å². The Hall–Kier alpha value is -6.95. The van der Waals surface area contributed by atoms with Crippen LogP contribution < -0.4 is 0 Å². The van der Waals surface area contributed by atoms with Gasteiger partial charge in [-0.3, -0.25) is 0 Å². The molecule has 0 bridgehead atoms. The third-order valence-corrected chi connectivity index (χ3v) is 12.2. The molecule has 0 saturated carbocycles. The Labute approximate surface area is 515 Å². The predicted octanol–water partition coefficient (Wildman–Crippen LogP) is 7.43. The fourth-order valence-corrected chi connectivity index (χ4v) is 8.01. The van der Waals surface area contributed by atoms with Crippen molar-refractivity contribution in [2.24, 2.45) is 0 Å². The number of tetrazole rings is 1. The lowest BCUT2D eigenvalue weighted by Crippen LogP contribution is -2.02. The average Bonchev–Trinajstić information content (AvgIpc) is 1.52. The molecule has 0 radical (unpaired) electrons. The zero-order chi connectivity index (χ0) is 83.1. The van der Waals surface area contributed by atoms with Gasteiger partial charge in [0.15, 0.2) is 5.82 Å². The molecule has 25 heteroatoms. The molecule has 0 aliphatic carbocycles. The molecular weight excluding hydrogens is 1010 g/mol. The summed E-state index contributed by atoms with van der Waals surface area (Å²) in [4.78, 5) is 0. The number of rotatable bonds is 0. The van der Waals surface area contributed by atoms with Gasteiger partial charge >= 0.3 is 0 Å². The van der Waals surface area contributed by atoms with E-state index < -0.39 is 115 Å². The first-order valence-electron chi connectivity index (χ1n) is 42.6. The van der Waals surface area contributed by atoms with Crippen molar-refractivity contribution >= 4 is 0 Å². The topological polar surface area (TPSA) is 259 Å². The van der Waals surface area contributed by atoms with Gasteiger partial charge in [-0.1, -0.05) is 51.2 Å². The van der Waals surface area contributed by atoms with Crippen molar-refractivity contribution in [2.75, 3.05) is 0 Å². The van der Waals surface area contributed by atoms with Gasteiger partial charge in [-0.25, -0.2) is 4.68 Å². The molecule has 8 aromatic heterocycles. The highest BCUT2D eigenvalue weighted by molar-refractivity contribution is 4.92. The summed E-state index contributed by atoms with van der Waals surface area (Å²) in [5, 5.41) is 62.3. The highest BCUT2D eigenvalue weighted by Crippen LogP contribution is 2.16. The van der Waals surface area contributed by atoms with E-state index in [9.17, 15) is 0 Å². The summed E-state index contributed by atoms with van der Waals surface area (Å²) >= 11 is 0. The van der Waals surface area contributed by atoms with Crippen LogP contribution in [0.4, 0.5) is 0 Å². The molecule has 0 N–H and O–H groups in total. The van der Waals surface area contributed by atoms with E-state index in [1.165, 1.54) is 21.8 Å². The molecular formula is C55H87N25.